The van der Waals surface area contributed by atoms with Gasteiger partial charge in [0, 0.05) is 19.0 Å². The highest BCUT2D eigenvalue weighted by molar-refractivity contribution is 6.34. The number of rotatable bonds is 2. The number of amides is 1. The normalized spacial score (nSPS) is 18.8. The Balaban J connectivity index is 1.79. The molecule has 2 aromatic rings. The number of pyridine rings is 1. The molecule has 9 heteroatoms. The summed E-state index contributed by atoms with van der Waals surface area (Å²) in [6.07, 6.45) is 1.78. The molecule has 3 heterocycles. The molecule has 21 heavy (non-hydrogen) atoms. The summed E-state index contributed by atoms with van der Waals surface area (Å²) in [5.74, 6) is 0.466. The topological polar surface area (TPSA) is 87.7 Å². The lowest BCUT2D eigenvalue weighted by Crippen LogP contribution is -2.39. The molecule has 0 radical (unpaired) electrons. The molecule has 1 N–H and O–H groups in total. The summed E-state index contributed by atoms with van der Waals surface area (Å²) in [5, 5.41) is 14.5. The van der Waals surface area contributed by atoms with Crippen LogP contribution >= 0.6 is 23.2 Å². The first-order valence-corrected chi connectivity index (χ1v) is 7.25. The summed E-state index contributed by atoms with van der Waals surface area (Å²) in [4.78, 5) is 18.3. The van der Waals surface area contributed by atoms with Crippen LogP contribution in [0.15, 0.2) is 12.1 Å². The number of nitrogens with zero attached hydrogens (tertiary/aromatic N) is 5. The van der Waals surface area contributed by atoms with Gasteiger partial charge in [-0.1, -0.05) is 28.4 Å². The van der Waals surface area contributed by atoms with Crippen LogP contribution in [-0.4, -0.2) is 49.5 Å². The van der Waals surface area contributed by atoms with Crippen LogP contribution in [0, 0.1) is 0 Å². The Morgan fingerprint density at radius 3 is 3.00 bits per heavy atom. The number of tetrazole rings is 1. The van der Waals surface area contributed by atoms with Crippen molar-refractivity contribution < 1.29 is 4.79 Å². The van der Waals surface area contributed by atoms with Crippen LogP contribution in [0.25, 0.3) is 0 Å². The highest BCUT2D eigenvalue weighted by atomic mass is 35.5. The fraction of sp³-hybridized carbons (Fsp3) is 0.417. The largest absolute Gasteiger partial charge is 0.337 e. The number of hydrogen-bond acceptors (Lipinski definition) is 5. The summed E-state index contributed by atoms with van der Waals surface area (Å²) in [5.41, 5.74) is 0.179. The van der Waals surface area contributed by atoms with E-state index in [0.29, 0.717) is 23.9 Å². The molecule has 1 aliphatic rings. The molecule has 0 aromatic carbocycles. The van der Waals surface area contributed by atoms with Crippen molar-refractivity contribution in [2.24, 2.45) is 0 Å². The Kier molecular flexibility index (Phi) is 4.03. The van der Waals surface area contributed by atoms with Crippen molar-refractivity contribution in [2.75, 3.05) is 13.1 Å². The Hall–Kier alpha value is -1.73. The SMILES string of the molecule is O=C(c1nc(Cl)ccc1Cl)N1CCCC(c2nn[nH]n2)C1. The van der Waals surface area contributed by atoms with E-state index in [9.17, 15) is 4.79 Å². The standard InChI is InChI=1S/C12H12Cl2N6O/c13-8-3-4-9(14)15-10(8)12(21)20-5-1-2-7(6-20)11-16-18-19-17-11/h3-4,7H,1-2,5-6H2,(H,16,17,18,19). The van der Waals surface area contributed by atoms with E-state index in [4.69, 9.17) is 23.2 Å². The minimum Gasteiger partial charge on any atom is -0.337 e. The lowest BCUT2D eigenvalue weighted by Gasteiger charge is -2.31. The number of hydrogen-bond donors (Lipinski definition) is 1. The van der Waals surface area contributed by atoms with Crippen molar-refractivity contribution >= 4 is 29.1 Å². The average Bonchev–Trinajstić information content (AvgIpc) is 3.03. The van der Waals surface area contributed by atoms with E-state index in [1.807, 2.05) is 0 Å². The summed E-state index contributed by atoms with van der Waals surface area (Å²) in [6, 6.07) is 3.13. The van der Waals surface area contributed by atoms with Gasteiger partial charge in [0.2, 0.25) is 0 Å². The molecule has 1 unspecified atom stereocenters. The van der Waals surface area contributed by atoms with Gasteiger partial charge in [-0.25, -0.2) is 4.98 Å². The molecule has 2 aromatic heterocycles. The molecule has 1 aliphatic heterocycles. The molecule has 0 saturated carbocycles. The Labute approximate surface area is 130 Å². The third-order valence-corrected chi connectivity index (χ3v) is 3.97. The molecule has 1 saturated heterocycles. The summed E-state index contributed by atoms with van der Waals surface area (Å²) >= 11 is 11.9. The van der Waals surface area contributed by atoms with Crippen molar-refractivity contribution in [3.05, 3.63) is 33.8 Å². The number of carbonyl (C=O) groups excluding carboxylic acids is 1. The Morgan fingerprint density at radius 1 is 1.38 bits per heavy atom. The number of carbonyl (C=O) groups is 1. The minimum absolute atomic E-state index is 0.0689. The highest BCUT2D eigenvalue weighted by Crippen LogP contribution is 2.26. The summed E-state index contributed by atoms with van der Waals surface area (Å²) in [6.45, 7) is 1.17. The number of likely N-dealkylation sites (tertiary alicyclic amines) is 1. The molecular weight excluding hydrogens is 315 g/mol. The Bertz CT molecular complexity index is 647. The van der Waals surface area contributed by atoms with E-state index in [2.05, 4.69) is 25.6 Å². The van der Waals surface area contributed by atoms with Gasteiger partial charge in [0.1, 0.15) is 10.8 Å². The van der Waals surface area contributed by atoms with Gasteiger partial charge >= 0.3 is 0 Å². The van der Waals surface area contributed by atoms with Crippen LogP contribution in [0.5, 0.6) is 0 Å². The second-order valence-corrected chi connectivity index (χ2v) is 5.62. The molecule has 1 amide bonds. The number of halogens is 2. The number of piperidine rings is 1. The van der Waals surface area contributed by atoms with Crippen LogP contribution in [0.4, 0.5) is 0 Å². The highest BCUT2D eigenvalue weighted by Gasteiger charge is 2.29. The molecule has 0 bridgehead atoms. The molecule has 7 nitrogen and oxygen atoms in total. The predicted octanol–water partition coefficient (Wildman–Crippen LogP) is 1.92. The van der Waals surface area contributed by atoms with Crippen LogP contribution in [-0.2, 0) is 0 Å². The molecule has 0 aliphatic carbocycles. The molecule has 3 rings (SSSR count). The zero-order valence-corrected chi connectivity index (χ0v) is 12.5. The molecular formula is C12H12Cl2N6O. The first-order chi connectivity index (χ1) is 10.1. The predicted molar refractivity (Wildman–Crippen MR) is 76.3 cm³/mol. The number of H-pyrrole nitrogens is 1. The smallest absolute Gasteiger partial charge is 0.274 e. The van der Waals surface area contributed by atoms with E-state index in [1.54, 1.807) is 17.0 Å². The molecule has 0 spiro atoms. The maximum absolute atomic E-state index is 12.5. The van der Waals surface area contributed by atoms with E-state index < -0.39 is 0 Å². The average molecular weight is 327 g/mol. The lowest BCUT2D eigenvalue weighted by atomic mass is 9.97. The molecule has 1 fully saturated rings. The first kappa shape index (κ1) is 14.2. The van der Waals surface area contributed by atoms with E-state index >= 15 is 0 Å². The van der Waals surface area contributed by atoms with Crippen molar-refractivity contribution in [3.63, 3.8) is 0 Å². The van der Waals surface area contributed by atoms with Gasteiger partial charge in [0.15, 0.2) is 5.82 Å². The zero-order chi connectivity index (χ0) is 14.8. The molecule has 1 atom stereocenters. The van der Waals surface area contributed by atoms with E-state index in [1.165, 1.54) is 0 Å². The lowest BCUT2D eigenvalue weighted by molar-refractivity contribution is 0.0698. The van der Waals surface area contributed by atoms with Gasteiger partial charge in [0.05, 0.1) is 5.02 Å². The number of aromatic amines is 1. The second-order valence-electron chi connectivity index (χ2n) is 4.82. The summed E-state index contributed by atoms with van der Waals surface area (Å²) in [7, 11) is 0. The zero-order valence-electron chi connectivity index (χ0n) is 11.0. The van der Waals surface area contributed by atoms with Crippen LogP contribution in [0.1, 0.15) is 35.1 Å². The number of nitrogens with one attached hydrogen (secondary N) is 1. The maximum atomic E-state index is 12.5. The van der Waals surface area contributed by atoms with Gasteiger partial charge in [-0.3, -0.25) is 4.79 Å². The van der Waals surface area contributed by atoms with Crippen molar-refractivity contribution in [2.45, 2.75) is 18.8 Å². The van der Waals surface area contributed by atoms with Crippen molar-refractivity contribution in [3.8, 4) is 0 Å². The third kappa shape index (κ3) is 2.98. The first-order valence-electron chi connectivity index (χ1n) is 6.50. The van der Waals surface area contributed by atoms with Crippen molar-refractivity contribution in [1.29, 1.82) is 0 Å². The van der Waals surface area contributed by atoms with Gasteiger partial charge < -0.3 is 4.90 Å². The monoisotopic (exact) mass is 326 g/mol. The number of aromatic nitrogens is 5. The van der Waals surface area contributed by atoms with Gasteiger partial charge in [-0.15, -0.1) is 10.2 Å². The van der Waals surface area contributed by atoms with Crippen LogP contribution < -0.4 is 0 Å². The summed E-state index contributed by atoms with van der Waals surface area (Å²) < 4.78 is 0. The maximum Gasteiger partial charge on any atom is 0.274 e. The second kappa shape index (κ2) is 5.95. The van der Waals surface area contributed by atoms with Crippen molar-refractivity contribution in [1.82, 2.24) is 30.5 Å². The molecule has 110 valence electrons. The van der Waals surface area contributed by atoms with Gasteiger partial charge in [-0.05, 0) is 25.0 Å². The minimum atomic E-state index is -0.226. The van der Waals surface area contributed by atoms with Crippen LogP contribution in [0.2, 0.25) is 10.2 Å². The fourth-order valence-electron chi connectivity index (χ4n) is 2.43. The third-order valence-electron chi connectivity index (χ3n) is 3.45. The fourth-order valence-corrected chi connectivity index (χ4v) is 2.77. The van der Waals surface area contributed by atoms with Gasteiger partial charge in [-0.2, -0.15) is 5.21 Å². The van der Waals surface area contributed by atoms with E-state index in [0.717, 1.165) is 12.8 Å². The Morgan fingerprint density at radius 2 is 2.24 bits per heavy atom. The quantitative estimate of drug-likeness (QED) is 0.852. The van der Waals surface area contributed by atoms with Gasteiger partial charge in [0.25, 0.3) is 5.91 Å². The van der Waals surface area contributed by atoms with E-state index in [-0.39, 0.29) is 22.7 Å². The van der Waals surface area contributed by atoms with Crippen LogP contribution in [0.3, 0.4) is 0 Å².